The van der Waals surface area contributed by atoms with Gasteiger partial charge in [-0.1, -0.05) is 53.8 Å². The molecule has 0 radical (unpaired) electrons. The summed E-state index contributed by atoms with van der Waals surface area (Å²) in [5.74, 6) is -0.471. The summed E-state index contributed by atoms with van der Waals surface area (Å²) in [6.07, 6.45) is 1.75. The molecule has 34 heavy (non-hydrogen) atoms. The molecule has 1 aliphatic rings. The van der Waals surface area contributed by atoms with Crippen molar-refractivity contribution in [3.05, 3.63) is 89.5 Å². The molecule has 1 aromatic heterocycles. The van der Waals surface area contributed by atoms with Crippen LogP contribution in [0, 0.1) is 0 Å². The van der Waals surface area contributed by atoms with E-state index in [1.54, 1.807) is 66.7 Å². The average Bonchev–Trinajstić information content (AvgIpc) is 3.54. The van der Waals surface area contributed by atoms with E-state index in [9.17, 15) is 18.0 Å². The lowest BCUT2D eigenvalue weighted by Crippen LogP contribution is -2.27. The summed E-state index contributed by atoms with van der Waals surface area (Å²) < 4.78 is 27.8. The van der Waals surface area contributed by atoms with Gasteiger partial charge in [0, 0.05) is 29.8 Å². The number of amides is 1. The molecule has 0 bridgehead atoms. The Hall–Kier alpha value is -3.40. The second-order valence-corrected chi connectivity index (χ2v) is 11.0. The zero-order valence-electron chi connectivity index (χ0n) is 18.1. The minimum Gasteiger partial charge on any atom is -0.298 e. The van der Waals surface area contributed by atoms with Gasteiger partial charge in [-0.05, 0) is 43.2 Å². The fraction of sp³-hybridized carbons (Fsp3) is 0.160. The van der Waals surface area contributed by atoms with Crippen molar-refractivity contribution in [2.45, 2.75) is 17.7 Å². The van der Waals surface area contributed by atoms with Crippen molar-refractivity contribution >= 4 is 48.4 Å². The summed E-state index contributed by atoms with van der Waals surface area (Å²) in [6.45, 7) is 1.08. The first-order valence-corrected chi connectivity index (χ1v) is 13.1. The van der Waals surface area contributed by atoms with E-state index in [4.69, 9.17) is 0 Å². The normalized spacial score (nSPS) is 14.4. The number of fused-ring (bicyclic) bond motifs is 1. The molecule has 4 aromatic rings. The number of carbonyl (C=O) groups excluding carboxylic acids is 2. The van der Waals surface area contributed by atoms with Gasteiger partial charge < -0.3 is 0 Å². The summed E-state index contributed by atoms with van der Waals surface area (Å²) in [5.41, 5.74) is 2.08. The van der Waals surface area contributed by atoms with E-state index in [1.165, 1.54) is 15.6 Å². The number of nitrogens with zero attached hydrogens (tertiary/aromatic N) is 2. The van der Waals surface area contributed by atoms with Crippen LogP contribution >= 0.6 is 11.3 Å². The van der Waals surface area contributed by atoms with Gasteiger partial charge in [0.25, 0.3) is 5.91 Å². The van der Waals surface area contributed by atoms with Crippen LogP contribution in [0.15, 0.2) is 77.7 Å². The van der Waals surface area contributed by atoms with Gasteiger partial charge >= 0.3 is 0 Å². The zero-order chi connectivity index (χ0) is 23.7. The number of aromatic nitrogens is 1. The molecule has 9 heteroatoms. The minimum absolute atomic E-state index is 0.113. The maximum atomic E-state index is 12.8. The molecule has 3 aromatic carbocycles. The first-order valence-electron chi connectivity index (χ1n) is 10.8. The molecule has 1 amide bonds. The number of carbonyl (C=O) groups is 2. The smallest absolute Gasteiger partial charge is 0.257 e. The molecule has 172 valence electrons. The van der Waals surface area contributed by atoms with Crippen molar-refractivity contribution in [2.75, 3.05) is 18.4 Å². The third-order valence-corrected chi connectivity index (χ3v) is 8.56. The monoisotopic (exact) mass is 491 g/mol. The summed E-state index contributed by atoms with van der Waals surface area (Å²) in [6, 6.07) is 20.2. The van der Waals surface area contributed by atoms with Crippen LogP contribution in [0.4, 0.5) is 5.13 Å². The molecular formula is C25H21N3O4S2. The number of benzene rings is 3. The number of hydrogen-bond acceptors (Lipinski definition) is 6. The second-order valence-electron chi connectivity index (χ2n) is 7.99. The topological polar surface area (TPSA) is 96.4 Å². The van der Waals surface area contributed by atoms with Crippen molar-refractivity contribution in [1.29, 1.82) is 0 Å². The molecule has 1 aliphatic heterocycles. The number of ketones is 1. The van der Waals surface area contributed by atoms with Crippen LogP contribution in [0.25, 0.3) is 10.2 Å². The Morgan fingerprint density at radius 2 is 1.50 bits per heavy atom. The first-order chi connectivity index (χ1) is 16.4. The first kappa shape index (κ1) is 22.4. The van der Waals surface area contributed by atoms with Gasteiger partial charge in [-0.15, -0.1) is 0 Å². The summed E-state index contributed by atoms with van der Waals surface area (Å²) >= 11 is 1.22. The van der Waals surface area contributed by atoms with Crippen molar-refractivity contribution in [2.24, 2.45) is 0 Å². The summed E-state index contributed by atoms with van der Waals surface area (Å²) in [4.78, 5) is 29.9. The molecule has 1 N–H and O–H groups in total. The Morgan fingerprint density at radius 3 is 2.21 bits per heavy atom. The van der Waals surface area contributed by atoms with E-state index in [1.807, 2.05) is 6.07 Å². The van der Waals surface area contributed by atoms with E-state index < -0.39 is 10.0 Å². The van der Waals surface area contributed by atoms with Crippen LogP contribution in [0.5, 0.6) is 0 Å². The molecule has 0 spiro atoms. The number of nitrogens with one attached hydrogen (secondary N) is 1. The van der Waals surface area contributed by atoms with Gasteiger partial charge in [0.2, 0.25) is 10.0 Å². The molecule has 2 heterocycles. The number of hydrogen-bond donors (Lipinski definition) is 1. The van der Waals surface area contributed by atoms with Crippen LogP contribution in [-0.2, 0) is 10.0 Å². The van der Waals surface area contributed by atoms with Gasteiger partial charge in [0.15, 0.2) is 10.9 Å². The van der Waals surface area contributed by atoms with Crippen molar-refractivity contribution in [3.8, 4) is 0 Å². The van der Waals surface area contributed by atoms with Gasteiger partial charge in [-0.3, -0.25) is 14.9 Å². The highest BCUT2D eigenvalue weighted by atomic mass is 32.2. The van der Waals surface area contributed by atoms with E-state index in [0.29, 0.717) is 45.1 Å². The van der Waals surface area contributed by atoms with Crippen molar-refractivity contribution in [1.82, 2.24) is 9.29 Å². The number of rotatable bonds is 6. The lowest BCUT2D eigenvalue weighted by molar-refractivity contribution is 0.102. The van der Waals surface area contributed by atoms with E-state index in [-0.39, 0.29) is 16.6 Å². The standard InChI is InChI=1S/C25H21N3O4S2/c29-23(17-6-2-1-3-7-17)18-8-10-19(11-9-18)24(30)27-25-26-21-13-12-20(16-22(21)33-25)34(31,32)28-14-4-5-15-28/h1-3,6-13,16H,4-5,14-15H2,(H,26,27,30). The van der Waals surface area contributed by atoms with Gasteiger partial charge in [-0.2, -0.15) is 4.31 Å². The Labute approximate surface area is 201 Å². The average molecular weight is 492 g/mol. The molecule has 0 saturated carbocycles. The number of anilines is 1. The molecule has 7 nitrogen and oxygen atoms in total. The van der Waals surface area contributed by atoms with Gasteiger partial charge in [-0.25, -0.2) is 13.4 Å². The Morgan fingerprint density at radius 1 is 0.853 bits per heavy atom. The maximum Gasteiger partial charge on any atom is 0.257 e. The molecule has 0 atom stereocenters. The number of sulfonamides is 1. The maximum absolute atomic E-state index is 12.8. The molecular weight excluding hydrogens is 470 g/mol. The summed E-state index contributed by atoms with van der Waals surface area (Å²) in [5, 5.41) is 3.14. The molecule has 0 aliphatic carbocycles. The highest BCUT2D eigenvalue weighted by Gasteiger charge is 2.27. The van der Waals surface area contributed by atoms with Crippen LogP contribution in [0.2, 0.25) is 0 Å². The van der Waals surface area contributed by atoms with Gasteiger partial charge in [0.05, 0.1) is 15.1 Å². The lowest BCUT2D eigenvalue weighted by Gasteiger charge is -2.15. The number of thiazole rings is 1. The third-order valence-electron chi connectivity index (χ3n) is 5.73. The Balaban J connectivity index is 1.32. The summed E-state index contributed by atoms with van der Waals surface area (Å²) in [7, 11) is -3.52. The fourth-order valence-corrected chi connectivity index (χ4v) is 6.41. The SMILES string of the molecule is O=C(Nc1nc2ccc(S(=O)(=O)N3CCCC3)cc2s1)c1ccc(C(=O)c2ccccc2)cc1. The van der Waals surface area contributed by atoms with Crippen molar-refractivity contribution in [3.63, 3.8) is 0 Å². The van der Waals surface area contributed by atoms with E-state index in [0.717, 1.165) is 12.8 Å². The predicted octanol–water partition coefficient (Wildman–Crippen LogP) is 4.56. The zero-order valence-corrected chi connectivity index (χ0v) is 19.7. The van der Waals surface area contributed by atoms with E-state index in [2.05, 4.69) is 10.3 Å². The Bertz CT molecular complexity index is 1470. The highest BCUT2D eigenvalue weighted by Crippen LogP contribution is 2.30. The molecule has 1 fully saturated rings. The lowest BCUT2D eigenvalue weighted by atomic mass is 10.0. The van der Waals surface area contributed by atoms with Crippen LogP contribution in [-0.4, -0.2) is 42.5 Å². The molecule has 5 rings (SSSR count). The minimum atomic E-state index is -3.52. The Kier molecular flexibility index (Phi) is 5.99. The van der Waals surface area contributed by atoms with E-state index >= 15 is 0 Å². The van der Waals surface area contributed by atoms with Crippen LogP contribution in [0.3, 0.4) is 0 Å². The molecule has 1 saturated heterocycles. The van der Waals surface area contributed by atoms with Crippen molar-refractivity contribution < 1.29 is 18.0 Å². The largest absolute Gasteiger partial charge is 0.298 e. The highest BCUT2D eigenvalue weighted by molar-refractivity contribution is 7.89. The van der Waals surface area contributed by atoms with Crippen LogP contribution in [0.1, 0.15) is 39.1 Å². The van der Waals surface area contributed by atoms with Crippen LogP contribution < -0.4 is 5.32 Å². The second kappa shape index (κ2) is 9.09. The fourth-order valence-electron chi connectivity index (χ4n) is 3.89. The van der Waals surface area contributed by atoms with Gasteiger partial charge in [0.1, 0.15) is 0 Å². The molecule has 0 unspecified atom stereocenters. The quantitative estimate of drug-likeness (QED) is 0.399. The predicted molar refractivity (Wildman–Crippen MR) is 132 cm³/mol. The third kappa shape index (κ3) is 4.37.